The average Bonchev–Trinajstić information content (AvgIpc) is 3.17. The summed E-state index contributed by atoms with van der Waals surface area (Å²) in [4.78, 5) is 20.5. The van der Waals surface area contributed by atoms with Crippen molar-refractivity contribution in [2.24, 2.45) is 0 Å². The number of hydrogen-bond acceptors (Lipinski definition) is 5. The number of para-hydroxylation sites is 1. The number of piperazine rings is 1. The van der Waals surface area contributed by atoms with Crippen LogP contribution in [0, 0.1) is 5.82 Å². The number of rotatable bonds is 2. The van der Waals surface area contributed by atoms with E-state index in [1.54, 1.807) is 29.6 Å². The Morgan fingerprint density at radius 3 is 2.48 bits per heavy atom. The van der Waals surface area contributed by atoms with Gasteiger partial charge in [-0.2, -0.15) is 4.52 Å². The fraction of sp³-hybridized carbons (Fsp3) is 0.238. The van der Waals surface area contributed by atoms with E-state index in [-0.39, 0.29) is 11.7 Å². The Labute approximate surface area is 166 Å². The monoisotopic (exact) mass is 390 g/mol. The van der Waals surface area contributed by atoms with Gasteiger partial charge < -0.3 is 9.80 Å². The van der Waals surface area contributed by atoms with Crippen molar-refractivity contribution in [3.05, 3.63) is 54.3 Å². The molecule has 1 amide bonds. The molecule has 7 nitrogen and oxygen atoms in total. The molecule has 1 aliphatic heterocycles. The predicted molar refractivity (Wildman–Crippen MR) is 108 cm³/mol. The van der Waals surface area contributed by atoms with Crippen LogP contribution in [0.5, 0.6) is 0 Å². The highest BCUT2D eigenvalue weighted by atomic mass is 19.1. The largest absolute Gasteiger partial charge is 0.352 e. The molecule has 2 aromatic carbocycles. The zero-order valence-electron chi connectivity index (χ0n) is 15.9. The minimum Gasteiger partial charge on any atom is -0.352 e. The molecule has 146 valence electrons. The fourth-order valence-electron chi connectivity index (χ4n) is 3.85. The molecule has 0 aliphatic carbocycles. The standard InChI is InChI=1S/C21H19FN6O/c1-14(29)26-10-12-27(13-11-26)20-16-7-3-5-9-18(16)28-21(23-20)19(24-25-28)15-6-2-4-8-17(15)22/h2-9H,10-13H2,1H3. The summed E-state index contributed by atoms with van der Waals surface area (Å²) >= 11 is 0. The topological polar surface area (TPSA) is 66.6 Å². The SMILES string of the molecule is CC(=O)N1CCN(c2nc3c(-c4ccccc4F)nnn3c3ccccc23)CC1. The number of fused-ring (bicyclic) bond motifs is 3. The van der Waals surface area contributed by atoms with Crippen molar-refractivity contribution in [3.8, 4) is 11.3 Å². The summed E-state index contributed by atoms with van der Waals surface area (Å²) in [6, 6.07) is 14.4. The van der Waals surface area contributed by atoms with Crippen LogP contribution in [0.1, 0.15) is 6.92 Å². The molecule has 0 spiro atoms. The lowest BCUT2D eigenvalue weighted by atomic mass is 10.1. The Bertz CT molecular complexity index is 1230. The van der Waals surface area contributed by atoms with E-state index >= 15 is 0 Å². The van der Waals surface area contributed by atoms with Gasteiger partial charge in [-0.15, -0.1) is 5.10 Å². The van der Waals surface area contributed by atoms with E-state index in [9.17, 15) is 9.18 Å². The number of amides is 1. The van der Waals surface area contributed by atoms with Crippen LogP contribution in [0.15, 0.2) is 48.5 Å². The van der Waals surface area contributed by atoms with Crippen LogP contribution in [0.4, 0.5) is 10.2 Å². The summed E-state index contributed by atoms with van der Waals surface area (Å²) < 4.78 is 16.1. The fourth-order valence-corrected chi connectivity index (χ4v) is 3.85. The van der Waals surface area contributed by atoms with E-state index < -0.39 is 0 Å². The summed E-state index contributed by atoms with van der Waals surface area (Å²) in [7, 11) is 0. The summed E-state index contributed by atoms with van der Waals surface area (Å²) in [6.45, 7) is 4.25. The number of carbonyl (C=O) groups excluding carboxylic acids is 1. The van der Waals surface area contributed by atoms with E-state index in [1.165, 1.54) is 6.07 Å². The number of carbonyl (C=O) groups is 1. The van der Waals surface area contributed by atoms with Crippen molar-refractivity contribution < 1.29 is 9.18 Å². The van der Waals surface area contributed by atoms with Crippen LogP contribution in [-0.4, -0.2) is 56.8 Å². The molecule has 1 aliphatic rings. The Hall–Kier alpha value is -3.55. The first kappa shape index (κ1) is 17.5. The molecule has 29 heavy (non-hydrogen) atoms. The molecule has 8 heteroatoms. The molecular weight excluding hydrogens is 371 g/mol. The number of aromatic nitrogens is 4. The number of hydrogen-bond donors (Lipinski definition) is 0. The van der Waals surface area contributed by atoms with Crippen LogP contribution < -0.4 is 4.90 Å². The first-order valence-electron chi connectivity index (χ1n) is 9.53. The predicted octanol–water partition coefficient (Wildman–Crippen LogP) is 2.75. The van der Waals surface area contributed by atoms with Gasteiger partial charge in [0, 0.05) is 44.1 Å². The zero-order chi connectivity index (χ0) is 20.0. The highest BCUT2D eigenvalue weighted by Crippen LogP contribution is 2.31. The molecule has 4 aromatic rings. The van der Waals surface area contributed by atoms with Gasteiger partial charge in [0.05, 0.1) is 5.52 Å². The summed E-state index contributed by atoms with van der Waals surface area (Å²) in [5.41, 5.74) is 2.16. The third-order valence-corrected chi connectivity index (χ3v) is 5.39. The van der Waals surface area contributed by atoms with Crippen molar-refractivity contribution in [1.29, 1.82) is 0 Å². The van der Waals surface area contributed by atoms with Crippen LogP contribution in [0.2, 0.25) is 0 Å². The second-order valence-electron chi connectivity index (χ2n) is 7.10. The van der Waals surface area contributed by atoms with E-state index in [0.29, 0.717) is 43.1 Å². The van der Waals surface area contributed by atoms with Crippen LogP contribution in [0.25, 0.3) is 27.8 Å². The lowest BCUT2D eigenvalue weighted by molar-refractivity contribution is -0.129. The van der Waals surface area contributed by atoms with E-state index in [4.69, 9.17) is 4.98 Å². The molecule has 0 bridgehead atoms. The first-order chi connectivity index (χ1) is 14.1. The maximum Gasteiger partial charge on any atom is 0.219 e. The first-order valence-corrected chi connectivity index (χ1v) is 9.53. The molecular formula is C21H19FN6O. The normalized spacial score (nSPS) is 14.7. The van der Waals surface area contributed by atoms with E-state index in [1.807, 2.05) is 29.2 Å². The Kier molecular flexibility index (Phi) is 4.12. The summed E-state index contributed by atoms with van der Waals surface area (Å²) in [6.07, 6.45) is 0. The van der Waals surface area contributed by atoms with Gasteiger partial charge in [-0.25, -0.2) is 9.37 Å². The summed E-state index contributed by atoms with van der Waals surface area (Å²) in [5.74, 6) is 0.525. The molecule has 0 N–H and O–H groups in total. The van der Waals surface area contributed by atoms with Crippen molar-refractivity contribution in [1.82, 2.24) is 24.7 Å². The number of nitrogens with zero attached hydrogens (tertiary/aromatic N) is 6. The molecule has 3 heterocycles. The van der Waals surface area contributed by atoms with Crippen molar-refractivity contribution in [2.75, 3.05) is 31.1 Å². The Morgan fingerprint density at radius 2 is 1.72 bits per heavy atom. The minimum atomic E-state index is -0.360. The van der Waals surface area contributed by atoms with Crippen molar-refractivity contribution >= 4 is 28.3 Å². The number of benzene rings is 2. The van der Waals surface area contributed by atoms with Crippen molar-refractivity contribution in [2.45, 2.75) is 6.92 Å². The van der Waals surface area contributed by atoms with Crippen LogP contribution in [-0.2, 0) is 4.79 Å². The molecule has 2 aromatic heterocycles. The van der Waals surface area contributed by atoms with Gasteiger partial charge in [0.15, 0.2) is 5.65 Å². The molecule has 0 saturated carbocycles. The minimum absolute atomic E-state index is 0.0831. The maximum absolute atomic E-state index is 14.4. The highest BCUT2D eigenvalue weighted by molar-refractivity contribution is 5.93. The van der Waals surface area contributed by atoms with E-state index in [2.05, 4.69) is 15.2 Å². The van der Waals surface area contributed by atoms with Gasteiger partial charge >= 0.3 is 0 Å². The third kappa shape index (κ3) is 2.88. The summed E-state index contributed by atoms with van der Waals surface area (Å²) in [5, 5.41) is 9.43. The average molecular weight is 390 g/mol. The number of anilines is 1. The van der Waals surface area contributed by atoms with Crippen LogP contribution in [0.3, 0.4) is 0 Å². The maximum atomic E-state index is 14.4. The lowest BCUT2D eigenvalue weighted by Gasteiger charge is -2.35. The van der Waals surface area contributed by atoms with Crippen LogP contribution >= 0.6 is 0 Å². The van der Waals surface area contributed by atoms with Gasteiger partial charge in [-0.3, -0.25) is 4.79 Å². The molecule has 5 rings (SSSR count). The zero-order valence-corrected chi connectivity index (χ0v) is 15.9. The molecule has 1 saturated heterocycles. The third-order valence-electron chi connectivity index (χ3n) is 5.39. The lowest BCUT2D eigenvalue weighted by Crippen LogP contribution is -2.48. The second kappa shape index (κ2) is 6.80. The van der Waals surface area contributed by atoms with Gasteiger partial charge in [-0.05, 0) is 24.3 Å². The number of halogens is 1. The van der Waals surface area contributed by atoms with E-state index in [0.717, 1.165) is 16.7 Å². The molecule has 1 fully saturated rings. The van der Waals surface area contributed by atoms with Gasteiger partial charge in [-0.1, -0.05) is 29.5 Å². The second-order valence-corrected chi connectivity index (χ2v) is 7.10. The smallest absolute Gasteiger partial charge is 0.219 e. The Balaban J connectivity index is 1.68. The molecule has 0 radical (unpaired) electrons. The van der Waals surface area contributed by atoms with Gasteiger partial charge in [0.2, 0.25) is 5.91 Å². The Morgan fingerprint density at radius 1 is 1.00 bits per heavy atom. The van der Waals surface area contributed by atoms with Crippen molar-refractivity contribution in [3.63, 3.8) is 0 Å². The van der Waals surface area contributed by atoms with Gasteiger partial charge in [0.1, 0.15) is 17.3 Å². The molecule has 0 unspecified atom stereocenters. The van der Waals surface area contributed by atoms with Gasteiger partial charge in [0.25, 0.3) is 0 Å². The quantitative estimate of drug-likeness (QED) is 0.527. The highest BCUT2D eigenvalue weighted by Gasteiger charge is 2.24. The molecule has 0 atom stereocenters.